The number of aryl methyl sites for hydroxylation is 1. The van der Waals surface area contributed by atoms with E-state index in [4.69, 9.17) is 0 Å². The number of nitrogens with zero attached hydrogens (tertiary/aromatic N) is 3. The number of carbonyl (C=O) groups is 3. The van der Waals surface area contributed by atoms with E-state index < -0.39 is 5.54 Å². The molecule has 1 aromatic carbocycles. The van der Waals surface area contributed by atoms with E-state index in [1.54, 1.807) is 14.0 Å². The molecule has 30 heavy (non-hydrogen) atoms. The largest absolute Gasteiger partial charge is 0.351 e. The predicted octanol–water partition coefficient (Wildman–Crippen LogP) is 1.88. The Kier molecular flexibility index (Phi) is 6.24. The number of unbranched alkanes of at least 4 members (excludes halogenated alkanes) is 1. The number of aromatic nitrogens is 2. The fourth-order valence-corrected chi connectivity index (χ4v) is 3.39. The Hall–Kier alpha value is -3.16. The molecule has 1 aromatic heterocycles. The van der Waals surface area contributed by atoms with E-state index in [0.29, 0.717) is 18.8 Å². The summed E-state index contributed by atoms with van der Waals surface area (Å²) in [5, 5.41) is 10.0. The summed E-state index contributed by atoms with van der Waals surface area (Å²) in [6.45, 7) is 6.86. The zero-order valence-electron chi connectivity index (χ0n) is 18.0. The molecule has 2 heterocycles. The maximum atomic E-state index is 13.0. The Morgan fingerprint density at radius 2 is 1.90 bits per heavy atom. The van der Waals surface area contributed by atoms with Gasteiger partial charge in [-0.25, -0.2) is 0 Å². The molecule has 0 saturated heterocycles. The molecule has 0 unspecified atom stereocenters. The fourth-order valence-electron chi connectivity index (χ4n) is 3.39. The molecule has 2 N–H and O–H groups in total. The van der Waals surface area contributed by atoms with Crippen molar-refractivity contribution >= 4 is 17.7 Å². The minimum Gasteiger partial charge on any atom is -0.351 e. The van der Waals surface area contributed by atoms with Crippen LogP contribution in [0.25, 0.3) is 0 Å². The topological polar surface area (TPSA) is 96.3 Å². The molecule has 0 aliphatic carbocycles. The third kappa shape index (κ3) is 4.22. The lowest BCUT2D eigenvalue weighted by molar-refractivity contribution is -0.132. The van der Waals surface area contributed by atoms with E-state index in [1.807, 2.05) is 38.1 Å². The summed E-state index contributed by atoms with van der Waals surface area (Å²) in [6.07, 6.45) is 1.85. The molecule has 1 atom stereocenters. The number of hydrogen-bond donors (Lipinski definition) is 2. The molecule has 3 amide bonds. The second kappa shape index (κ2) is 8.69. The molecule has 0 saturated carbocycles. The lowest BCUT2D eigenvalue weighted by atomic mass is 9.95. The zero-order chi connectivity index (χ0) is 21.9. The molecule has 160 valence electrons. The van der Waals surface area contributed by atoms with Gasteiger partial charge in [-0.15, -0.1) is 0 Å². The quantitative estimate of drug-likeness (QED) is 0.680. The highest BCUT2D eigenvalue weighted by Crippen LogP contribution is 2.26. The van der Waals surface area contributed by atoms with Gasteiger partial charge in [0, 0.05) is 26.2 Å². The van der Waals surface area contributed by atoms with Crippen molar-refractivity contribution in [3.8, 4) is 0 Å². The molecule has 0 spiro atoms. The average molecular weight is 412 g/mol. The van der Waals surface area contributed by atoms with Gasteiger partial charge in [0.2, 0.25) is 5.91 Å². The summed E-state index contributed by atoms with van der Waals surface area (Å²) in [5.74, 6) is -0.922. The van der Waals surface area contributed by atoms with Crippen molar-refractivity contribution < 1.29 is 14.4 Å². The van der Waals surface area contributed by atoms with Gasteiger partial charge in [0.25, 0.3) is 11.8 Å². The summed E-state index contributed by atoms with van der Waals surface area (Å²) < 4.78 is 1.46. The summed E-state index contributed by atoms with van der Waals surface area (Å²) >= 11 is 0. The first kappa shape index (κ1) is 21.5. The first-order valence-corrected chi connectivity index (χ1v) is 10.2. The Labute approximate surface area is 176 Å². The van der Waals surface area contributed by atoms with Crippen LogP contribution in [-0.2, 0) is 17.9 Å². The minimum absolute atomic E-state index is 0.173. The second-order valence-electron chi connectivity index (χ2n) is 7.99. The van der Waals surface area contributed by atoms with Gasteiger partial charge in [0.05, 0.1) is 6.54 Å². The average Bonchev–Trinajstić information content (AvgIpc) is 3.15. The Balaban J connectivity index is 1.74. The maximum absolute atomic E-state index is 13.0. The summed E-state index contributed by atoms with van der Waals surface area (Å²) in [7, 11) is 1.60. The Morgan fingerprint density at radius 3 is 2.57 bits per heavy atom. The summed E-state index contributed by atoms with van der Waals surface area (Å²) in [4.78, 5) is 39.7. The normalized spacial score (nSPS) is 18.1. The van der Waals surface area contributed by atoms with Gasteiger partial charge >= 0.3 is 0 Å². The first-order chi connectivity index (χ1) is 14.3. The van der Waals surface area contributed by atoms with Crippen molar-refractivity contribution in [1.82, 2.24) is 25.3 Å². The molecule has 8 nitrogen and oxygen atoms in total. The van der Waals surface area contributed by atoms with Crippen molar-refractivity contribution in [2.75, 3.05) is 13.6 Å². The highest BCUT2D eigenvalue weighted by Gasteiger charge is 2.46. The number of nitrogens with one attached hydrogen (secondary N) is 2. The number of likely N-dealkylation sites (N-methyl/N-ethyl adjacent to an activating group) is 1. The van der Waals surface area contributed by atoms with Crippen LogP contribution >= 0.6 is 0 Å². The molecule has 0 bridgehead atoms. The molecule has 8 heteroatoms. The van der Waals surface area contributed by atoms with Crippen LogP contribution in [-0.4, -0.2) is 51.5 Å². The number of benzene rings is 1. The van der Waals surface area contributed by atoms with Gasteiger partial charge in [0.1, 0.15) is 11.2 Å². The molecule has 1 aliphatic rings. The van der Waals surface area contributed by atoms with E-state index in [0.717, 1.165) is 24.0 Å². The van der Waals surface area contributed by atoms with Crippen LogP contribution in [0.2, 0.25) is 0 Å². The van der Waals surface area contributed by atoms with Gasteiger partial charge in [0.15, 0.2) is 5.69 Å². The van der Waals surface area contributed by atoms with Crippen LogP contribution in [0, 0.1) is 6.92 Å². The van der Waals surface area contributed by atoms with Crippen molar-refractivity contribution in [2.24, 2.45) is 0 Å². The van der Waals surface area contributed by atoms with Crippen molar-refractivity contribution in [2.45, 2.75) is 52.2 Å². The number of fused-ring (bicyclic) bond motifs is 1. The molecule has 3 rings (SSSR count). The summed E-state index contributed by atoms with van der Waals surface area (Å²) in [5.41, 5.74) is 1.51. The third-order valence-electron chi connectivity index (χ3n) is 5.61. The highest BCUT2D eigenvalue weighted by molar-refractivity contribution is 6.01. The standard InChI is InChI=1S/C22H29N5O3/c1-5-6-11-23-19(28)17-12-18-20(29)26(4)22(3,14-27(18)25-17)21(30)24-13-16-9-7-15(2)8-10-16/h7-10,12H,5-6,11,13-14H2,1-4H3,(H,23,28)(H,24,30)/t22-/m0/s1. The van der Waals surface area contributed by atoms with Crippen LogP contribution in [0.5, 0.6) is 0 Å². The van der Waals surface area contributed by atoms with Gasteiger partial charge in [-0.2, -0.15) is 5.10 Å². The predicted molar refractivity (Wildman–Crippen MR) is 113 cm³/mol. The zero-order valence-corrected chi connectivity index (χ0v) is 18.0. The fraction of sp³-hybridized carbons (Fsp3) is 0.455. The number of rotatable bonds is 7. The Bertz CT molecular complexity index is 950. The molecular formula is C22H29N5O3. The monoisotopic (exact) mass is 411 g/mol. The maximum Gasteiger partial charge on any atom is 0.272 e. The van der Waals surface area contributed by atoms with E-state index in [-0.39, 0.29) is 30.0 Å². The smallest absolute Gasteiger partial charge is 0.272 e. The van der Waals surface area contributed by atoms with Crippen molar-refractivity contribution in [3.63, 3.8) is 0 Å². The highest BCUT2D eigenvalue weighted by atomic mass is 16.2. The molecule has 0 radical (unpaired) electrons. The van der Waals surface area contributed by atoms with Crippen LogP contribution in [0.1, 0.15) is 58.8 Å². The third-order valence-corrected chi connectivity index (χ3v) is 5.61. The van der Waals surface area contributed by atoms with E-state index >= 15 is 0 Å². The lowest BCUT2D eigenvalue weighted by Gasteiger charge is -2.40. The van der Waals surface area contributed by atoms with Crippen LogP contribution in [0.4, 0.5) is 0 Å². The van der Waals surface area contributed by atoms with E-state index in [1.165, 1.54) is 15.6 Å². The van der Waals surface area contributed by atoms with Gasteiger partial charge in [-0.1, -0.05) is 43.2 Å². The van der Waals surface area contributed by atoms with E-state index in [2.05, 4.69) is 15.7 Å². The van der Waals surface area contributed by atoms with Crippen LogP contribution < -0.4 is 10.6 Å². The minimum atomic E-state index is -1.11. The lowest BCUT2D eigenvalue weighted by Crippen LogP contribution is -2.62. The van der Waals surface area contributed by atoms with Gasteiger partial charge < -0.3 is 15.5 Å². The van der Waals surface area contributed by atoms with Crippen molar-refractivity contribution in [3.05, 3.63) is 52.8 Å². The van der Waals surface area contributed by atoms with Gasteiger partial charge in [-0.3, -0.25) is 19.1 Å². The number of carbonyl (C=O) groups excluding carboxylic acids is 3. The van der Waals surface area contributed by atoms with Crippen LogP contribution in [0.15, 0.2) is 30.3 Å². The van der Waals surface area contributed by atoms with Crippen molar-refractivity contribution in [1.29, 1.82) is 0 Å². The van der Waals surface area contributed by atoms with Gasteiger partial charge in [-0.05, 0) is 25.8 Å². The summed E-state index contributed by atoms with van der Waals surface area (Å²) in [6, 6.07) is 9.39. The molecule has 1 aliphatic heterocycles. The second-order valence-corrected chi connectivity index (χ2v) is 7.99. The molecule has 0 fully saturated rings. The Morgan fingerprint density at radius 1 is 1.20 bits per heavy atom. The van der Waals surface area contributed by atoms with E-state index in [9.17, 15) is 14.4 Å². The number of hydrogen-bond acceptors (Lipinski definition) is 4. The molecular weight excluding hydrogens is 382 g/mol. The SMILES string of the molecule is CCCCNC(=O)c1cc2n(n1)C[C@@](C)(C(=O)NCc1ccc(C)cc1)N(C)C2=O. The first-order valence-electron chi connectivity index (χ1n) is 10.2. The molecule has 2 aromatic rings. The number of amides is 3. The van der Waals surface area contributed by atoms with Crippen LogP contribution in [0.3, 0.4) is 0 Å².